The van der Waals surface area contributed by atoms with E-state index in [4.69, 9.17) is 10.5 Å². The van der Waals surface area contributed by atoms with E-state index in [1.165, 1.54) is 13.3 Å². The predicted octanol–water partition coefficient (Wildman–Crippen LogP) is 0.842. The van der Waals surface area contributed by atoms with Gasteiger partial charge in [-0.15, -0.1) is 0 Å². The molecule has 0 bridgehead atoms. The topological polar surface area (TPSA) is 122 Å². The fourth-order valence-electron chi connectivity index (χ4n) is 2.86. The molecular formula is C17H23N3O4. The van der Waals surface area contributed by atoms with E-state index in [0.29, 0.717) is 45.1 Å². The highest BCUT2D eigenvalue weighted by atomic mass is 16.5. The van der Waals surface area contributed by atoms with Crippen molar-refractivity contribution in [3.8, 4) is 11.5 Å². The van der Waals surface area contributed by atoms with Gasteiger partial charge < -0.3 is 25.8 Å². The Morgan fingerprint density at radius 3 is 2.33 bits per heavy atom. The van der Waals surface area contributed by atoms with Gasteiger partial charge in [0.05, 0.1) is 37.4 Å². The van der Waals surface area contributed by atoms with Gasteiger partial charge in [-0.05, 0) is 13.8 Å². The van der Waals surface area contributed by atoms with Crippen molar-refractivity contribution >= 4 is 0 Å². The highest BCUT2D eigenvalue weighted by molar-refractivity contribution is 5.49. The van der Waals surface area contributed by atoms with Gasteiger partial charge in [-0.25, -0.2) is 0 Å². The van der Waals surface area contributed by atoms with E-state index in [1.54, 1.807) is 13.8 Å². The third kappa shape index (κ3) is 3.19. The number of aliphatic hydroxyl groups excluding tert-OH is 2. The Kier molecular flexibility index (Phi) is 5.71. The number of aromatic nitrogens is 2. The summed E-state index contributed by atoms with van der Waals surface area (Å²) in [6.45, 7) is 3.19. The normalized spacial score (nSPS) is 10.9. The fourth-order valence-corrected chi connectivity index (χ4v) is 2.86. The smallest absolute Gasteiger partial charge is 0.144 e. The molecule has 0 atom stereocenters. The summed E-state index contributed by atoms with van der Waals surface area (Å²) in [7, 11) is 1.53. The van der Waals surface area contributed by atoms with E-state index in [2.05, 4.69) is 9.97 Å². The SMILES string of the molecule is COc1c(C)nc(Cc2c(CO)cnc(C)c2O)c(CO)c1CN. The molecule has 5 N–H and O–H groups in total. The molecule has 0 saturated carbocycles. The van der Waals surface area contributed by atoms with Crippen molar-refractivity contribution in [2.24, 2.45) is 5.73 Å². The van der Waals surface area contributed by atoms with Crippen LogP contribution in [0.1, 0.15) is 39.3 Å². The number of aliphatic hydroxyl groups is 2. The Balaban J connectivity index is 2.63. The van der Waals surface area contributed by atoms with Gasteiger partial charge in [-0.3, -0.25) is 9.97 Å². The highest BCUT2D eigenvalue weighted by Crippen LogP contribution is 2.32. The minimum Gasteiger partial charge on any atom is -0.506 e. The predicted molar refractivity (Wildman–Crippen MR) is 88.7 cm³/mol. The highest BCUT2D eigenvalue weighted by Gasteiger charge is 2.20. The molecule has 0 aliphatic carbocycles. The monoisotopic (exact) mass is 333 g/mol. The van der Waals surface area contributed by atoms with E-state index < -0.39 is 0 Å². The second-order valence-electron chi connectivity index (χ2n) is 5.53. The van der Waals surface area contributed by atoms with Crippen molar-refractivity contribution in [1.29, 1.82) is 0 Å². The van der Waals surface area contributed by atoms with Crippen LogP contribution in [0.3, 0.4) is 0 Å². The maximum atomic E-state index is 10.3. The third-order valence-corrected chi connectivity index (χ3v) is 4.13. The summed E-state index contributed by atoms with van der Waals surface area (Å²) in [5.74, 6) is 0.581. The van der Waals surface area contributed by atoms with Crippen LogP contribution in [-0.4, -0.2) is 32.4 Å². The second kappa shape index (κ2) is 7.57. The molecule has 130 valence electrons. The Morgan fingerprint density at radius 1 is 1.08 bits per heavy atom. The Hall–Kier alpha value is -2.22. The van der Waals surface area contributed by atoms with Crippen molar-refractivity contribution < 1.29 is 20.1 Å². The number of aryl methyl sites for hydroxylation is 2. The van der Waals surface area contributed by atoms with Gasteiger partial charge in [0.15, 0.2) is 0 Å². The molecule has 0 fully saturated rings. The van der Waals surface area contributed by atoms with E-state index in [0.717, 1.165) is 0 Å². The quantitative estimate of drug-likeness (QED) is 0.618. The largest absolute Gasteiger partial charge is 0.506 e. The minimum atomic E-state index is -0.247. The number of hydrogen-bond acceptors (Lipinski definition) is 7. The lowest BCUT2D eigenvalue weighted by Gasteiger charge is -2.18. The van der Waals surface area contributed by atoms with Crippen molar-refractivity contribution in [3.63, 3.8) is 0 Å². The molecule has 0 spiro atoms. The number of methoxy groups -OCH3 is 1. The number of pyridine rings is 2. The zero-order valence-corrected chi connectivity index (χ0v) is 14.1. The number of aromatic hydroxyl groups is 1. The summed E-state index contributed by atoms with van der Waals surface area (Å²) in [5, 5.41) is 29.6. The first-order valence-electron chi connectivity index (χ1n) is 7.61. The Labute approximate surface area is 140 Å². The van der Waals surface area contributed by atoms with Gasteiger partial charge in [-0.1, -0.05) is 0 Å². The lowest BCUT2D eigenvalue weighted by Crippen LogP contribution is -2.13. The first-order valence-corrected chi connectivity index (χ1v) is 7.61. The zero-order chi connectivity index (χ0) is 17.9. The van der Waals surface area contributed by atoms with E-state index in [-0.39, 0.29) is 31.9 Å². The van der Waals surface area contributed by atoms with Crippen LogP contribution in [0.5, 0.6) is 11.5 Å². The zero-order valence-electron chi connectivity index (χ0n) is 14.1. The Morgan fingerprint density at radius 2 is 1.79 bits per heavy atom. The summed E-state index contributed by atoms with van der Waals surface area (Å²) >= 11 is 0. The fraction of sp³-hybridized carbons (Fsp3) is 0.412. The molecule has 2 aromatic heterocycles. The molecular weight excluding hydrogens is 310 g/mol. The van der Waals surface area contributed by atoms with Crippen molar-refractivity contribution in [1.82, 2.24) is 9.97 Å². The third-order valence-electron chi connectivity index (χ3n) is 4.13. The number of rotatable bonds is 6. The van der Waals surface area contributed by atoms with Gasteiger partial charge >= 0.3 is 0 Å². The van der Waals surface area contributed by atoms with E-state index in [1.807, 2.05) is 0 Å². The molecule has 0 aromatic carbocycles. The molecule has 0 aliphatic heterocycles. The number of hydrogen-bond donors (Lipinski definition) is 4. The van der Waals surface area contributed by atoms with Gasteiger partial charge in [-0.2, -0.15) is 0 Å². The van der Waals surface area contributed by atoms with E-state index in [9.17, 15) is 15.3 Å². The van der Waals surface area contributed by atoms with Crippen LogP contribution in [0.25, 0.3) is 0 Å². The van der Waals surface area contributed by atoms with E-state index >= 15 is 0 Å². The van der Waals surface area contributed by atoms with Gasteiger partial charge in [0.2, 0.25) is 0 Å². The maximum Gasteiger partial charge on any atom is 0.144 e. The molecule has 2 heterocycles. The molecule has 0 unspecified atom stereocenters. The molecule has 0 aliphatic rings. The van der Waals surface area contributed by atoms with Gasteiger partial charge in [0, 0.05) is 41.4 Å². The minimum absolute atomic E-state index is 0.0232. The molecule has 24 heavy (non-hydrogen) atoms. The molecule has 2 aromatic rings. The summed E-state index contributed by atoms with van der Waals surface area (Å²) in [6.07, 6.45) is 1.78. The van der Waals surface area contributed by atoms with Crippen molar-refractivity contribution in [3.05, 3.63) is 45.5 Å². The van der Waals surface area contributed by atoms with Crippen LogP contribution in [-0.2, 0) is 26.2 Å². The maximum absolute atomic E-state index is 10.3. The molecule has 7 heteroatoms. The standard InChI is InChI=1S/C17H23N3O4/c1-9-16(23)12(11(7-21)6-19-9)4-15-14(8-22)13(5-18)17(24-3)10(2)20-15/h6,21-23H,4-5,7-8,18H2,1-3H3. The molecule has 0 saturated heterocycles. The van der Waals surface area contributed by atoms with Crippen molar-refractivity contribution in [2.75, 3.05) is 7.11 Å². The first kappa shape index (κ1) is 18.1. The summed E-state index contributed by atoms with van der Waals surface area (Å²) in [4.78, 5) is 8.56. The number of nitrogens with two attached hydrogens (primary N) is 1. The van der Waals surface area contributed by atoms with Crippen LogP contribution in [0.15, 0.2) is 6.20 Å². The van der Waals surface area contributed by atoms with Crippen LogP contribution >= 0.6 is 0 Å². The number of ether oxygens (including phenoxy) is 1. The summed E-state index contributed by atoms with van der Waals surface area (Å²) in [6, 6.07) is 0. The van der Waals surface area contributed by atoms with Crippen LogP contribution in [0.2, 0.25) is 0 Å². The Bertz CT molecular complexity index is 747. The van der Waals surface area contributed by atoms with Crippen LogP contribution in [0.4, 0.5) is 0 Å². The van der Waals surface area contributed by atoms with Gasteiger partial charge in [0.25, 0.3) is 0 Å². The van der Waals surface area contributed by atoms with Crippen LogP contribution < -0.4 is 10.5 Å². The number of nitrogens with zero attached hydrogens (tertiary/aromatic N) is 2. The average Bonchev–Trinajstić information content (AvgIpc) is 2.58. The van der Waals surface area contributed by atoms with Crippen LogP contribution in [0, 0.1) is 13.8 Å². The molecule has 2 rings (SSSR count). The van der Waals surface area contributed by atoms with Crippen molar-refractivity contribution in [2.45, 2.75) is 40.0 Å². The molecule has 0 radical (unpaired) electrons. The lowest BCUT2D eigenvalue weighted by molar-refractivity contribution is 0.276. The van der Waals surface area contributed by atoms with Gasteiger partial charge in [0.1, 0.15) is 11.5 Å². The second-order valence-corrected chi connectivity index (χ2v) is 5.53. The lowest BCUT2D eigenvalue weighted by atomic mass is 9.96. The molecule has 0 amide bonds. The molecule has 7 nitrogen and oxygen atoms in total. The summed E-state index contributed by atoms with van der Waals surface area (Å²) in [5.41, 5.74) is 9.87. The summed E-state index contributed by atoms with van der Waals surface area (Å²) < 4.78 is 5.35. The first-order chi connectivity index (χ1) is 11.5. The average molecular weight is 333 g/mol.